The Labute approximate surface area is 121 Å². The first-order valence-electron chi connectivity index (χ1n) is 6.97. The van der Waals surface area contributed by atoms with Crippen LogP contribution in [0.4, 0.5) is 0 Å². The standard InChI is InChI=1S/C16H24N2O2/c1-13(2)16(12-19)18(10-4-9-17)11-14-5-7-15(20-3)8-6-14/h5-8,13,16,19H,4,10-12H2,1-3H3/t16-/m1/s1. The third-order valence-electron chi connectivity index (χ3n) is 3.48. The Morgan fingerprint density at radius 2 is 1.95 bits per heavy atom. The molecule has 0 spiro atoms. The molecule has 4 nitrogen and oxygen atoms in total. The van der Waals surface area contributed by atoms with Crippen LogP contribution in [-0.2, 0) is 6.54 Å². The van der Waals surface area contributed by atoms with E-state index in [0.717, 1.165) is 17.9 Å². The van der Waals surface area contributed by atoms with E-state index in [1.807, 2.05) is 24.3 Å². The van der Waals surface area contributed by atoms with Gasteiger partial charge >= 0.3 is 0 Å². The maximum Gasteiger partial charge on any atom is 0.118 e. The molecule has 0 aliphatic rings. The molecular weight excluding hydrogens is 252 g/mol. The maximum atomic E-state index is 9.58. The summed E-state index contributed by atoms with van der Waals surface area (Å²) >= 11 is 0. The molecule has 0 aromatic heterocycles. The molecular formula is C16H24N2O2. The van der Waals surface area contributed by atoms with E-state index in [0.29, 0.717) is 18.9 Å². The Morgan fingerprint density at radius 3 is 2.40 bits per heavy atom. The van der Waals surface area contributed by atoms with Crippen LogP contribution in [0.3, 0.4) is 0 Å². The summed E-state index contributed by atoms with van der Waals surface area (Å²) in [5.74, 6) is 1.18. The molecule has 1 atom stereocenters. The number of aliphatic hydroxyl groups is 1. The smallest absolute Gasteiger partial charge is 0.118 e. The van der Waals surface area contributed by atoms with Gasteiger partial charge in [0.05, 0.1) is 19.8 Å². The van der Waals surface area contributed by atoms with E-state index in [2.05, 4.69) is 24.8 Å². The zero-order valence-corrected chi connectivity index (χ0v) is 12.5. The van der Waals surface area contributed by atoms with E-state index in [1.54, 1.807) is 7.11 Å². The topological polar surface area (TPSA) is 56.5 Å². The number of methoxy groups -OCH3 is 1. The Kier molecular flexibility index (Phi) is 7.06. The average molecular weight is 276 g/mol. The number of nitrogens with zero attached hydrogens (tertiary/aromatic N) is 2. The first-order valence-corrected chi connectivity index (χ1v) is 6.97. The minimum Gasteiger partial charge on any atom is -0.497 e. The summed E-state index contributed by atoms with van der Waals surface area (Å²) in [5, 5.41) is 18.4. The van der Waals surface area contributed by atoms with Crippen LogP contribution in [0.25, 0.3) is 0 Å². The minimum atomic E-state index is 0.0745. The molecule has 1 N–H and O–H groups in total. The number of rotatable bonds is 8. The number of nitriles is 1. The van der Waals surface area contributed by atoms with Crippen molar-refractivity contribution < 1.29 is 9.84 Å². The number of hydrogen-bond donors (Lipinski definition) is 1. The predicted octanol–water partition coefficient (Wildman–Crippen LogP) is 2.43. The molecule has 1 aromatic carbocycles. The van der Waals surface area contributed by atoms with Crippen molar-refractivity contribution in [2.75, 3.05) is 20.3 Å². The van der Waals surface area contributed by atoms with Crippen LogP contribution in [0, 0.1) is 17.2 Å². The molecule has 0 unspecified atom stereocenters. The molecule has 20 heavy (non-hydrogen) atoms. The van der Waals surface area contributed by atoms with Crippen LogP contribution >= 0.6 is 0 Å². The van der Waals surface area contributed by atoms with Gasteiger partial charge in [0.2, 0.25) is 0 Å². The normalized spacial score (nSPS) is 12.4. The fraction of sp³-hybridized carbons (Fsp3) is 0.562. The van der Waals surface area contributed by atoms with Gasteiger partial charge in [-0.25, -0.2) is 0 Å². The first kappa shape index (κ1) is 16.5. The van der Waals surface area contributed by atoms with Crippen molar-refractivity contribution in [3.05, 3.63) is 29.8 Å². The Hall–Kier alpha value is -1.57. The van der Waals surface area contributed by atoms with Crippen molar-refractivity contribution in [1.82, 2.24) is 4.90 Å². The number of aliphatic hydroxyl groups excluding tert-OH is 1. The van der Waals surface area contributed by atoms with Crippen molar-refractivity contribution in [2.45, 2.75) is 32.9 Å². The van der Waals surface area contributed by atoms with Crippen LogP contribution in [0.1, 0.15) is 25.8 Å². The number of hydrogen-bond acceptors (Lipinski definition) is 4. The fourth-order valence-electron chi connectivity index (χ4n) is 2.27. The van der Waals surface area contributed by atoms with Crippen molar-refractivity contribution in [3.63, 3.8) is 0 Å². The molecule has 0 saturated carbocycles. The molecule has 0 aliphatic carbocycles. The summed E-state index contributed by atoms with van der Waals surface area (Å²) in [6, 6.07) is 10.2. The van der Waals surface area contributed by atoms with Gasteiger partial charge in [0.25, 0.3) is 0 Å². The summed E-state index contributed by atoms with van der Waals surface area (Å²) in [6.45, 7) is 5.70. The second-order valence-corrected chi connectivity index (χ2v) is 5.22. The quantitative estimate of drug-likeness (QED) is 0.792. The highest BCUT2D eigenvalue weighted by atomic mass is 16.5. The summed E-state index contributed by atoms with van der Waals surface area (Å²) in [6.07, 6.45) is 0.472. The predicted molar refractivity (Wildman–Crippen MR) is 79.3 cm³/mol. The maximum absolute atomic E-state index is 9.58. The Morgan fingerprint density at radius 1 is 1.30 bits per heavy atom. The number of ether oxygens (including phenoxy) is 1. The molecule has 110 valence electrons. The highest BCUT2D eigenvalue weighted by Gasteiger charge is 2.21. The molecule has 0 aliphatic heterocycles. The first-order chi connectivity index (χ1) is 9.62. The highest BCUT2D eigenvalue weighted by molar-refractivity contribution is 5.27. The Bertz CT molecular complexity index is 423. The summed E-state index contributed by atoms with van der Waals surface area (Å²) in [4.78, 5) is 2.18. The zero-order valence-electron chi connectivity index (χ0n) is 12.5. The highest BCUT2D eigenvalue weighted by Crippen LogP contribution is 2.17. The van der Waals surface area contributed by atoms with Gasteiger partial charge in [-0.05, 0) is 23.6 Å². The lowest BCUT2D eigenvalue weighted by Crippen LogP contribution is -2.41. The monoisotopic (exact) mass is 276 g/mol. The molecule has 4 heteroatoms. The lowest BCUT2D eigenvalue weighted by Gasteiger charge is -2.32. The fourth-order valence-corrected chi connectivity index (χ4v) is 2.27. The molecule has 0 amide bonds. The minimum absolute atomic E-state index is 0.0745. The van der Waals surface area contributed by atoms with E-state index in [4.69, 9.17) is 10.00 Å². The summed E-state index contributed by atoms with van der Waals surface area (Å²) in [5.41, 5.74) is 1.16. The Balaban J connectivity index is 2.79. The van der Waals surface area contributed by atoms with Gasteiger partial charge in [0.1, 0.15) is 5.75 Å². The van der Waals surface area contributed by atoms with Crippen molar-refractivity contribution in [2.24, 2.45) is 5.92 Å². The lowest BCUT2D eigenvalue weighted by atomic mass is 10.0. The molecule has 0 bridgehead atoms. The van der Waals surface area contributed by atoms with Gasteiger partial charge in [-0.15, -0.1) is 0 Å². The SMILES string of the molecule is COc1ccc(CN(CCC#N)[C@H](CO)C(C)C)cc1. The van der Waals surface area contributed by atoms with Crippen LogP contribution < -0.4 is 4.74 Å². The van der Waals surface area contributed by atoms with E-state index in [1.165, 1.54) is 0 Å². The van der Waals surface area contributed by atoms with E-state index >= 15 is 0 Å². The van der Waals surface area contributed by atoms with Gasteiger partial charge in [-0.1, -0.05) is 26.0 Å². The second kappa shape index (κ2) is 8.57. The second-order valence-electron chi connectivity index (χ2n) is 5.22. The zero-order chi connectivity index (χ0) is 15.0. The van der Waals surface area contributed by atoms with E-state index in [-0.39, 0.29) is 12.6 Å². The molecule has 0 fully saturated rings. The van der Waals surface area contributed by atoms with Crippen LogP contribution in [0.15, 0.2) is 24.3 Å². The lowest BCUT2D eigenvalue weighted by molar-refractivity contribution is 0.0865. The van der Waals surface area contributed by atoms with E-state index < -0.39 is 0 Å². The molecule has 0 radical (unpaired) electrons. The van der Waals surface area contributed by atoms with Crippen molar-refractivity contribution >= 4 is 0 Å². The van der Waals surface area contributed by atoms with Crippen LogP contribution in [-0.4, -0.2) is 36.3 Å². The average Bonchev–Trinajstić information content (AvgIpc) is 2.45. The largest absolute Gasteiger partial charge is 0.497 e. The summed E-state index contributed by atoms with van der Waals surface area (Å²) < 4.78 is 5.15. The van der Waals surface area contributed by atoms with Gasteiger partial charge < -0.3 is 9.84 Å². The summed E-state index contributed by atoms with van der Waals surface area (Å²) in [7, 11) is 1.65. The van der Waals surface area contributed by atoms with Gasteiger partial charge in [0, 0.05) is 25.6 Å². The van der Waals surface area contributed by atoms with Crippen LogP contribution in [0.5, 0.6) is 5.75 Å². The molecule has 1 rings (SSSR count). The van der Waals surface area contributed by atoms with Gasteiger partial charge in [-0.2, -0.15) is 5.26 Å². The third-order valence-corrected chi connectivity index (χ3v) is 3.48. The van der Waals surface area contributed by atoms with Crippen molar-refractivity contribution in [3.8, 4) is 11.8 Å². The van der Waals surface area contributed by atoms with Crippen LogP contribution in [0.2, 0.25) is 0 Å². The molecule has 0 saturated heterocycles. The van der Waals surface area contributed by atoms with E-state index in [9.17, 15) is 5.11 Å². The molecule has 1 aromatic rings. The van der Waals surface area contributed by atoms with Gasteiger partial charge in [0.15, 0.2) is 0 Å². The van der Waals surface area contributed by atoms with Gasteiger partial charge in [-0.3, -0.25) is 4.90 Å². The van der Waals surface area contributed by atoms with Crippen molar-refractivity contribution in [1.29, 1.82) is 5.26 Å². The number of benzene rings is 1. The molecule has 0 heterocycles. The third kappa shape index (κ3) is 4.84.